The van der Waals surface area contributed by atoms with Crippen LogP contribution in [0.5, 0.6) is 0 Å². The molecular formula is C10H20BrNO4S2. The standard InChI is InChI=1S/C10H20BrNO4S2/c1-17(13,14)7-8-18(15,16)12-6-2-3-10(9-12)4-5-11/h10H,2-9H2,1H3. The van der Waals surface area contributed by atoms with E-state index in [1.807, 2.05) is 0 Å². The normalized spacial score (nSPS) is 23.1. The Labute approximate surface area is 118 Å². The highest BCUT2D eigenvalue weighted by Crippen LogP contribution is 2.22. The summed E-state index contributed by atoms with van der Waals surface area (Å²) in [4.78, 5) is 0. The van der Waals surface area contributed by atoms with Crippen molar-refractivity contribution >= 4 is 35.8 Å². The first kappa shape index (κ1) is 16.4. The van der Waals surface area contributed by atoms with Crippen LogP contribution in [-0.4, -0.2) is 57.3 Å². The van der Waals surface area contributed by atoms with Gasteiger partial charge in [-0.1, -0.05) is 15.9 Å². The summed E-state index contributed by atoms with van der Waals surface area (Å²) in [6.07, 6.45) is 3.92. The maximum atomic E-state index is 12.0. The van der Waals surface area contributed by atoms with Gasteiger partial charge in [0.25, 0.3) is 0 Å². The fourth-order valence-corrected chi connectivity index (χ4v) is 5.86. The van der Waals surface area contributed by atoms with Gasteiger partial charge in [0.05, 0.1) is 11.5 Å². The molecule has 5 nitrogen and oxygen atoms in total. The van der Waals surface area contributed by atoms with Gasteiger partial charge in [-0.25, -0.2) is 21.1 Å². The number of alkyl halides is 1. The van der Waals surface area contributed by atoms with Gasteiger partial charge in [-0.2, -0.15) is 0 Å². The third-order valence-electron chi connectivity index (χ3n) is 3.10. The molecule has 0 N–H and O–H groups in total. The molecule has 0 aromatic rings. The van der Waals surface area contributed by atoms with Gasteiger partial charge in [-0.3, -0.25) is 0 Å². The molecule has 1 saturated heterocycles. The molecule has 0 aliphatic carbocycles. The van der Waals surface area contributed by atoms with Gasteiger partial charge in [0.2, 0.25) is 10.0 Å². The Morgan fingerprint density at radius 2 is 1.89 bits per heavy atom. The van der Waals surface area contributed by atoms with Crippen LogP contribution in [0.1, 0.15) is 19.3 Å². The number of piperidine rings is 1. The van der Waals surface area contributed by atoms with Crippen LogP contribution in [0.25, 0.3) is 0 Å². The monoisotopic (exact) mass is 361 g/mol. The minimum atomic E-state index is -3.43. The first-order valence-corrected chi connectivity index (χ1v) is 10.8. The molecule has 8 heteroatoms. The molecule has 0 saturated carbocycles. The Bertz CT molecular complexity index is 458. The lowest BCUT2D eigenvalue weighted by atomic mass is 9.97. The Balaban J connectivity index is 2.61. The van der Waals surface area contributed by atoms with E-state index in [1.165, 1.54) is 4.31 Å². The molecule has 1 aliphatic rings. The second kappa shape index (κ2) is 6.67. The summed E-state index contributed by atoms with van der Waals surface area (Å²) in [7, 11) is -6.66. The second-order valence-corrected chi connectivity index (χ2v) is 9.93. The lowest BCUT2D eigenvalue weighted by Crippen LogP contribution is -2.42. The smallest absolute Gasteiger partial charge is 0.215 e. The average Bonchev–Trinajstić information content (AvgIpc) is 2.27. The molecule has 0 spiro atoms. The Kier molecular flexibility index (Phi) is 6.08. The van der Waals surface area contributed by atoms with Crippen molar-refractivity contribution in [3.05, 3.63) is 0 Å². The SMILES string of the molecule is CS(=O)(=O)CCS(=O)(=O)N1CCCC(CCBr)C1. The molecule has 0 aromatic heterocycles. The van der Waals surface area contributed by atoms with Gasteiger partial charge in [-0.05, 0) is 25.2 Å². The molecule has 0 aromatic carbocycles. The first-order chi connectivity index (χ1) is 8.24. The molecule has 1 rings (SSSR count). The quantitative estimate of drug-likeness (QED) is 0.657. The van der Waals surface area contributed by atoms with Crippen LogP contribution >= 0.6 is 15.9 Å². The van der Waals surface area contributed by atoms with Crippen LogP contribution in [0.3, 0.4) is 0 Å². The van der Waals surface area contributed by atoms with E-state index in [1.54, 1.807) is 0 Å². The molecular weight excluding hydrogens is 342 g/mol. The van der Waals surface area contributed by atoms with Crippen LogP contribution in [0, 0.1) is 5.92 Å². The Hall–Kier alpha value is 0.340. The van der Waals surface area contributed by atoms with Crippen molar-refractivity contribution < 1.29 is 16.8 Å². The molecule has 1 aliphatic heterocycles. The summed E-state index contributed by atoms with van der Waals surface area (Å²) < 4.78 is 47.6. The summed E-state index contributed by atoms with van der Waals surface area (Å²) in [5.41, 5.74) is 0. The third-order valence-corrected chi connectivity index (χ3v) is 6.60. The van der Waals surface area contributed by atoms with E-state index in [4.69, 9.17) is 0 Å². The predicted octanol–water partition coefficient (Wildman–Crippen LogP) is 0.858. The minimum absolute atomic E-state index is 0.297. The van der Waals surface area contributed by atoms with Crippen molar-refractivity contribution in [2.24, 2.45) is 5.92 Å². The number of sulfonamides is 1. The molecule has 1 unspecified atom stereocenters. The van der Waals surface area contributed by atoms with Crippen molar-refractivity contribution in [2.75, 3.05) is 36.2 Å². The van der Waals surface area contributed by atoms with Crippen LogP contribution in [0.4, 0.5) is 0 Å². The molecule has 1 atom stereocenters. The van der Waals surface area contributed by atoms with Crippen LogP contribution in [0.15, 0.2) is 0 Å². The van der Waals surface area contributed by atoms with E-state index in [0.29, 0.717) is 19.0 Å². The van der Waals surface area contributed by atoms with E-state index in [2.05, 4.69) is 15.9 Å². The predicted molar refractivity (Wildman–Crippen MR) is 76.2 cm³/mol. The van der Waals surface area contributed by atoms with Crippen molar-refractivity contribution in [3.63, 3.8) is 0 Å². The highest BCUT2D eigenvalue weighted by molar-refractivity contribution is 9.09. The van der Waals surface area contributed by atoms with Crippen molar-refractivity contribution in [1.29, 1.82) is 0 Å². The van der Waals surface area contributed by atoms with E-state index in [-0.39, 0.29) is 11.5 Å². The minimum Gasteiger partial charge on any atom is -0.229 e. The van der Waals surface area contributed by atoms with Gasteiger partial charge in [-0.15, -0.1) is 0 Å². The van der Waals surface area contributed by atoms with E-state index in [0.717, 1.165) is 30.8 Å². The lowest BCUT2D eigenvalue weighted by molar-refractivity contribution is 0.263. The maximum Gasteiger partial charge on any atom is 0.215 e. The molecule has 0 radical (unpaired) electrons. The molecule has 18 heavy (non-hydrogen) atoms. The largest absolute Gasteiger partial charge is 0.229 e. The van der Waals surface area contributed by atoms with Crippen LogP contribution in [-0.2, 0) is 19.9 Å². The fourth-order valence-electron chi connectivity index (χ4n) is 2.06. The third kappa shape index (κ3) is 5.54. The Morgan fingerprint density at radius 3 is 2.44 bits per heavy atom. The van der Waals surface area contributed by atoms with Gasteiger partial charge in [0.1, 0.15) is 9.84 Å². The van der Waals surface area contributed by atoms with Crippen LogP contribution in [0.2, 0.25) is 0 Å². The van der Waals surface area contributed by atoms with E-state index >= 15 is 0 Å². The van der Waals surface area contributed by atoms with E-state index in [9.17, 15) is 16.8 Å². The summed E-state index contributed by atoms with van der Waals surface area (Å²) in [5, 5.41) is 0.870. The van der Waals surface area contributed by atoms with Gasteiger partial charge in [0.15, 0.2) is 0 Å². The number of hydrogen-bond donors (Lipinski definition) is 0. The highest BCUT2D eigenvalue weighted by Gasteiger charge is 2.29. The highest BCUT2D eigenvalue weighted by atomic mass is 79.9. The number of sulfone groups is 1. The van der Waals surface area contributed by atoms with Crippen molar-refractivity contribution in [2.45, 2.75) is 19.3 Å². The van der Waals surface area contributed by atoms with Crippen molar-refractivity contribution in [1.82, 2.24) is 4.31 Å². The zero-order chi connectivity index (χ0) is 13.8. The summed E-state index contributed by atoms with van der Waals surface area (Å²) in [5.74, 6) is -0.215. The topological polar surface area (TPSA) is 71.5 Å². The van der Waals surface area contributed by atoms with E-state index < -0.39 is 19.9 Å². The first-order valence-electron chi connectivity index (χ1n) is 5.96. The van der Waals surface area contributed by atoms with Crippen molar-refractivity contribution in [3.8, 4) is 0 Å². The average molecular weight is 362 g/mol. The van der Waals surface area contributed by atoms with Gasteiger partial charge < -0.3 is 0 Å². The summed E-state index contributed by atoms with van der Waals surface area (Å²) >= 11 is 3.36. The van der Waals surface area contributed by atoms with Crippen LogP contribution < -0.4 is 0 Å². The zero-order valence-corrected chi connectivity index (χ0v) is 13.7. The lowest BCUT2D eigenvalue weighted by Gasteiger charge is -2.31. The number of nitrogens with zero attached hydrogens (tertiary/aromatic N) is 1. The second-order valence-electron chi connectivity index (χ2n) is 4.79. The fraction of sp³-hybridized carbons (Fsp3) is 1.00. The Morgan fingerprint density at radius 1 is 1.22 bits per heavy atom. The molecule has 1 heterocycles. The molecule has 108 valence electrons. The number of halogens is 1. The number of rotatable bonds is 6. The molecule has 0 bridgehead atoms. The maximum absolute atomic E-state index is 12.0. The number of hydrogen-bond acceptors (Lipinski definition) is 4. The molecule has 0 amide bonds. The molecule has 1 fully saturated rings. The summed E-state index contributed by atoms with van der Waals surface area (Å²) in [6, 6.07) is 0. The zero-order valence-electron chi connectivity index (χ0n) is 10.5. The summed E-state index contributed by atoms with van der Waals surface area (Å²) in [6.45, 7) is 1.04. The van der Waals surface area contributed by atoms with Gasteiger partial charge >= 0.3 is 0 Å². The van der Waals surface area contributed by atoms with Gasteiger partial charge in [0, 0.05) is 24.7 Å².